The summed E-state index contributed by atoms with van der Waals surface area (Å²) in [6.07, 6.45) is 1.98. The molecule has 0 aliphatic carbocycles. The molecule has 7 nitrogen and oxygen atoms in total. The van der Waals surface area contributed by atoms with E-state index < -0.39 is 4.92 Å². The zero-order valence-electron chi connectivity index (χ0n) is 13.7. The molecule has 1 heterocycles. The molecule has 1 amide bonds. The summed E-state index contributed by atoms with van der Waals surface area (Å²) < 4.78 is 5.23. The number of amides is 1. The highest BCUT2D eigenvalue weighted by molar-refractivity contribution is 5.95. The van der Waals surface area contributed by atoms with Gasteiger partial charge in [0.25, 0.3) is 11.6 Å². The number of nitrogens with zero attached hydrogens (tertiary/aromatic N) is 3. The van der Waals surface area contributed by atoms with E-state index in [2.05, 4.69) is 6.92 Å². The molecule has 126 valence electrons. The van der Waals surface area contributed by atoms with Crippen molar-refractivity contribution in [3.63, 3.8) is 0 Å². The number of unbranched alkanes of at least 4 members (excludes halogenated alkanes) is 1. The monoisotopic (exact) mass is 321 g/mol. The largest absolute Gasteiger partial charge is 0.378 e. The van der Waals surface area contributed by atoms with E-state index in [-0.39, 0.29) is 11.6 Å². The average Bonchev–Trinajstić information content (AvgIpc) is 2.59. The molecule has 0 spiro atoms. The van der Waals surface area contributed by atoms with Gasteiger partial charge in [0, 0.05) is 38.3 Å². The van der Waals surface area contributed by atoms with Gasteiger partial charge in [-0.1, -0.05) is 13.3 Å². The number of carbonyl (C=O) groups excluding carboxylic acids is 1. The maximum Gasteiger partial charge on any atom is 0.293 e. The lowest BCUT2D eigenvalue weighted by Gasteiger charge is -2.27. The van der Waals surface area contributed by atoms with Gasteiger partial charge in [0.15, 0.2) is 0 Å². The maximum absolute atomic E-state index is 12.5. The number of benzene rings is 1. The summed E-state index contributed by atoms with van der Waals surface area (Å²) >= 11 is 0. The Bertz CT molecular complexity index is 570. The fourth-order valence-electron chi connectivity index (χ4n) is 2.59. The highest BCUT2D eigenvalue weighted by atomic mass is 16.6. The second kappa shape index (κ2) is 7.92. The van der Waals surface area contributed by atoms with Crippen LogP contribution in [0.5, 0.6) is 0 Å². The van der Waals surface area contributed by atoms with E-state index in [0.29, 0.717) is 37.6 Å². The maximum atomic E-state index is 12.5. The molecule has 1 aliphatic rings. The van der Waals surface area contributed by atoms with E-state index in [1.807, 2.05) is 11.9 Å². The third-order valence-electron chi connectivity index (χ3n) is 3.98. The summed E-state index contributed by atoms with van der Waals surface area (Å²) in [6, 6.07) is 4.72. The summed E-state index contributed by atoms with van der Waals surface area (Å²) in [4.78, 5) is 27.0. The molecule has 0 unspecified atom stereocenters. The Kier molecular flexibility index (Phi) is 5.92. The first kappa shape index (κ1) is 17.2. The second-order valence-corrected chi connectivity index (χ2v) is 5.64. The summed E-state index contributed by atoms with van der Waals surface area (Å²) in [6.45, 7) is 4.87. The number of morpholine rings is 1. The summed E-state index contributed by atoms with van der Waals surface area (Å²) in [7, 11) is 1.83. The van der Waals surface area contributed by atoms with E-state index >= 15 is 0 Å². The topological polar surface area (TPSA) is 75.9 Å². The van der Waals surface area contributed by atoms with E-state index in [0.717, 1.165) is 19.4 Å². The van der Waals surface area contributed by atoms with Gasteiger partial charge in [0.05, 0.1) is 18.1 Å². The summed E-state index contributed by atoms with van der Waals surface area (Å²) in [5.74, 6) is -0.181. The van der Waals surface area contributed by atoms with Gasteiger partial charge in [-0.3, -0.25) is 14.9 Å². The molecule has 23 heavy (non-hydrogen) atoms. The number of hydrogen-bond acceptors (Lipinski definition) is 5. The van der Waals surface area contributed by atoms with Gasteiger partial charge in [-0.2, -0.15) is 0 Å². The van der Waals surface area contributed by atoms with Crippen molar-refractivity contribution in [1.82, 2.24) is 4.90 Å². The molecular weight excluding hydrogens is 298 g/mol. The molecule has 1 aromatic rings. The van der Waals surface area contributed by atoms with Crippen LogP contribution in [0.15, 0.2) is 18.2 Å². The molecule has 2 rings (SSSR count). The van der Waals surface area contributed by atoms with E-state index in [9.17, 15) is 14.9 Å². The van der Waals surface area contributed by atoms with Gasteiger partial charge in [0.1, 0.15) is 5.69 Å². The first-order chi connectivity index (χ1) is 11.0. The van der Waals surface area contributed by atoms with Gasteiger partial charge < -0.3 is 14.5 Å². The van der Waals surface area contributed by atoms with Crippen molar-refractivity contribution in [2.45, 2.75) is 19.8 Å². The summed E-state index contributed by atoms with van der Waals surface area (Å²) in [5, 5.41) is 11.4. The molecule has 7 heteroatoms. The third kappa shape index (κ3) is 4.19. The van der Waals surface area contributed by atoms with Crippen molar-refractivity contribution in [1.29, 1.82) is 0 Å². The quantitative estimate of drug-likeness (QED) is 0.593. The molecule has 1 aliphatic heterocycles. The number of nitro benzene ring substituents is 1. The van der Waals surface area contributed by atoms with E-state index in [1.54, 1.807) is 17.0 Å². The fraction of sp³-hybridized carbons (Fsp3) is 0.562. The Labute approximate surface area is 136 Å². The minimum atomic E-state index is -0.423. The summed E-state index contributed by atoms with van der Waals surface area (Å²) in [5.41, 5.74) is 0.871. The average molecular weight is 321 g/mol. The fourth-order valence-corrected chi connectivity index (χ4v) is 2.59. The van der Waals surface area contributed by atoms with Crippen LogP contribution in [0.3, 0.4) is 0 Å². The van der Waals surface area contributed by atoms with Crippen LogP contribution in [0, 0.1) is 10.1 Å². The van der Waals surface area contributed by atoms with Crippen LogP contribution in [0.25, 0.3) is 0 Å². The van der Waals surface area contributed by atoms with Crippen molar-refractivity contribution in [2.24, 2.45) is 0 Å². The van der Waals surface area contributed by atoms with Crippen LogP contribution < -0.4 is 4.90 Å². The Morgan fingerprint density at radius 3 is 2.70 bits per heavy atom. The third-order valence-corrected chi connectivity index (χ3v) is 3.98. The van der Waals surface area contributed by atoms with Crippen LogP contribution in [0.2, 0.25) is 0 Å². The van der Waals surface area contributed by atoms with Crippen LogP contribution in [-0.2, 0) is 4.74 Å². The standard InChI is InChI=1S/C16H23N3O4/c1-3-4-7-17(2)14-6-5-13(12-15(14)19(21)22)16(20)18-8-10-23-11-9-18/h5-6,12H,3-4,7-11H2,1-2H3. The zero-order chi connectivity index (χ0) is 16.8. The molecule has 0 N–H and O–H groups in total. The zero-order valence-corrected chi connectivity index (χ0v) is 13.7. The molecule has 1 aromatic carbocycles. The Balaban J connectivity index is 2.24. The highest BCUT2D eigenvalue weighted by Crippen LogP contribution is 2.29. The van der Waals surface area contributed by atoms with Crippen LogP contribution in [-0.4, -0.2) is 55.6 Å². The minimum absolute atomic E-state index is 0.0253. The molecule has 0 bridgehead atoms. The first-order valence-corrected chi connectivity index (χ1v) is 7.91. The number of rotatable bonds is 6. The van der Waals surface area contributed by atoms with Crippen molar-refractivity contribution >= 4 is 17.3 Å². The number of ether oxygens (including phenoxy) is 1. The number of anilines is 1. The van der Waals surface area contributed by atoms with Gasteiger partial charge in [0.2, 0.25) is 0 Å². The smallest absolute Gasteiger partial charge is 0.293 e. The molecule has 0 atom stereocenters. The predicted molar refractivity (Wildman–Crippen MR) is 88.0 cm³/mol. The van der Waals surface area contributed by atoms with Crippen LogP contribution >= 0.6 is 0 Å². The number of hydrogen-bond donors (Lipinski definition) is 0. The van der Waals surface area contributed by atoms with Crippen molar-refractivity contribution in [3.05, 3.63) is 33.9 Å². The van der Waals surface area contributed by atoms with Crippen LogP contribution in [0.4, 0.5) is 11.4 Å². The second-order valence-electron chi connectivity index (χ2n) is 5.64. The van der Waals surface area contributed by atoms with Crippen molar-refractivity contribution in [2.75, 3.05) is 44.8 Å². The SMILES string of the molecule is CCCCN(C)c1ccc(C(=O)N2CCOCC2)cc1[N+](=O)[O-]. The van der Waals surface area contributed by atoms with Crippen molar-refractivity contribution in [3.8, 4) is 0 Å². The van der Waals surface area contributed by atoms with E-state index in [1.165, 1.54) is 6.07 Å². The number of carbonyl (C=O) groups is 1. The molecule has 1 fully saturated rings. The Morgan fingerprint density at radius 2 is 2.09 bits per heavy atom. The Morgan fingerprint density at radius 1 is 1.39 bits per heavy atom. The molecular formula is C16H23N3O4. The van der Waals surface area contributed by atoms with Gasteiger partial charge >= 0.3 is 0 Å². The van der Waals surface area contributed by atoms with Crippen LogP contribution in [0.1, 0.15) is 30.1 Å². The molecule has 0 saturated carbocycles. The van der Waals surface area contributed by atoms with Gasteiger partial charge in [-0.05, 0) is 18.6 Å². The molecule has 0 aromatic heterocycles. The minimum Gasteiger partial charge on any atom is -0.378 e. The Hall–Kier alpha value is -2.15. The highest BCUT2D eigenvalue weighted by Gasteiger charge is 2.23. The first-order valence-electron chi connectivity index (χ1n) is 7.91. The normalized spacial score (nSPS) is 14.6. The van der Waals surface area contributed by atoms with Gasteiger partial charge in [-0.25, -0.2) is 0 Å². The lowest BCUT2D eigenvalue weighted by Crippen LogP contribution is -2.40. The lowest BCUT2D eigenvalue weighted by atomic mass is 10.1. The molecule has 0 radical (unpaired) electrons. The van der Waals surface area contributed by atoms with Gasteiger partial charge in [-0.15, -0.1) is 0 Å². The lowest BCUT2D eigenvalue weighted by molar-refractivity contribution is -0.384. The van der Waals surface area contributed by atoms with E-state index in [4.69, 9.17) is 4.74 Å². The van der Waals surface area contributed by atoms with Crippen molar-refractivity contribution < 1.29 is 14.5 Å². The number of nitro groups is 1. The molecule has 1 saturated heterocycles. The predicted octanol–water partition coefficient (Wildman–Crippen LogP) is 2.30.